The van der Waals surface area contributed by atoms with E-state index < -0.39 is 40.6 Å². The predicted octanol–water partition coefficient (Wildman–Crippen LogP) is 0.556. The Morgan fingerprint density at radius 2 is 1.43 bits per heavy atom. The first-order chi connectivity index (χ1) is 9.53. The first kappa shape index (κ1) is 15.3. The highest BCUT2D eigenvalue weighted by atomic mass is 32.2. The van der Waals surface area contributed by atoms with E-state index in [-0.39, 0.29) is 10.8 Å². The van der Waals surface area contributed by atoms with Crippen molar-refractivity contribution in [3.63, 3.8) is 0 Å². The summed E-state index contributed by atoms with van der Waals surface area (Å²) in [7, 11) is -11.0. The van der Waals surface area contributed by atoms with Crippen molar-refractivity contribution in [1.82, 2.24) is 0 Å². The van der Waals surface area contributed by atoms with Crippen molar-refractivity contribution < 1.29 is 30.9 Å². The largest absolute Gasteiger partial charge is 0.744 e. The van der Waals surface area contributed by atoms with Crippen molar-refractivity contribution in [1.29, 1.82) is 0 Å². The van der Waals surface area contributed by atoms with E-state index in [0.29, 0.717) is 0 Å². The summed E-state index contributed by atoms with van der Waals surface area (Å²) < 4.78 is 67.5. The van der Waals surface area contributed by atoms with Crippen LogP contribution in [0.5, 0.6) is 0 Å². The van der Waals surface area contributed by atoms with Crippen molar-refractivity contribution in [2.75, 3.05) is 0 Å². The number of rotatable bonds is 3. The van der Waals surface area contributed by atoms with Crippen LogP contribution < -0.4 is 0 Å². The molecule has 0 atom stereocenters. The van der Waals surface area contributed by atoms with Gasteiger partial charge in [-0.15, -0.1) is 0 Å². The maximum atomic E-state index is 11.3. The second kappa shape index (κ2) is 4.73. The van der Waals surface area contributed by atoms with E-state index in [2.05, 4.69) is 0 Å². The minimum atomic E-state index is -5.55. The first-order valence-corrected chi connectivity index (χ1v) is 7.97. The van der Waals surface area contributed by atoms with Gasteiger partial charge in [-0.25, -0.2) is 16.8 Å². The molecule has 21 heavy (non-hydrogen) atoms. The summed E-state index contributed by atoms with van der Waals surface area (Å²) in [5.74, 6) is 0. The molecule has 2 aromatic carbocycles. The van der Waals surface area contributed by atoms with Crippen molar-refractivity contribution in [3.05, 3.63) is 40.4 Å². The highest BCUT2D eigenvalue weighted by Gasteiger charge is 2.28. The molecule has 0 N–H and O–H groups in total. The van der Waals surface area contributed by atoms with Crippen molar-refractivity contribution in [2.24, 2.45) is 0 Å². The smallest absolute Gasteiger partial charge is 0.288 e. The Morgan fingerprint density at radius 1 is 0.905 bits per heavy atom. The van der Waals surface area contributed by atoms with Crippen molar-refractivity contribution in [3.8, 4) is 0 Å². The molecule has 0 aliphatic carbocycles. The molecule has 0 heterocycles. The Hall–Kier alpha value is -2.08. The van der Waals surface area contributed by atoms with E-state index in [1.54, 1.807) is 0 Å². The second-order valence-electron chi connectivity index (χ2n) is 3.94. The number of nitro groups is 1. The Balaban J connectivity index is 3.24. The lowest BCUT2D eigenvalue weighted by atomic mass is 10.1. The lowest BCUT2D eigenvalue weighted by Gasteiger charge is -2.18. The topological polar surface area (TPSA) is 158 Å². The molecule has 9 nitrogen and oxygen atoms in total. The van der Waals surface area contributed by atoms with Gasteiger partial charge in [-0.2, -0.15) is 0 Å². The molecule has 0 unspecified atom stereocenters. The van der Waals surface area contributed by atoms with Gasteiger partial charge in [0.15, 0.2) is 0 Å². The summed E-state index contributed by atoms with van der Waals surface area (Å²) in [6.45, 7) is 0. The standard InChI is InChI=1S/C10H7NO8S2/c12-11(13)8-5-6-3-1-2-4-7(6)9(20(14,15)16)10(8)21(17,18)19/h1-5H,(H,14,15,16)(H,17,18,19)/p-2. The normalized spacial score (nSPS) is 12.5. The van der Waals surface area contributed by atoms with E-state index in [1.807, 2.05) is 0 Å². The lowest BCUT2D eigenvalue weighted by molar-refractivity contribution is -0.388. The first-order valence-electron chi connectivity index (χ1n) is 5.15. The Labute approximate surface area is 118 Å². The number of fused-ring (bicyclic) bond motifs is 1. The summed E-state index contributed by atoms with van der Waals surface area (Å²) in [4.78, 5) is 6.63. The van der Waals surface area contributed by atoms with E-state index in [1.165, 1.54) is 18.2 Å². The maximum Gasteiger partial charge on any atom is 0.288 e. The van der Waals surface area contributed by atoms with Crippen LogP contribution in [-0.4, -0.2) is 30.9 Å². The van der Waals surface area contributed by atoms with Gasteiger partial charge >= 0.3 is 0 Å². The van der Waals surface area contributed by atoms with E-state index in [0.717, 1.165) is 12.1 Å². The fourth-order valence-corrected chi connectivity index (χ4v) is 4.03. The molecule has 2 aromatic rings. The Morgan fingerprint density at radius 3 is 1.90 bits per heavy atom. The second-order valence-corrected chi connectivity index (χ2v) is 6.57. The van der Waals surface area contributed by atoms with E-state index >= 15 is 0 Å². The average Bonchev–Trinajstić information content (AvgIpc) is 2.33. The predicted molar refractivity (Wildman–Crippen MR) is 66.5 cm³/mol. The molecule has 0 aliphatic heterocycles. The van der Waals surface area contributed by atoms with Gasteiger partial charge < -0.3 is 9.11 Å². The highest BCUT2D eigenvalue weighted by Crippen LogP contribution is 2.36. The zero-order valence-electron chi connectivity index (χ0n) is 9.92. The Kier molecular flexibility index (Phi) is 3.45. The molecule has 0 saturated carbocycles. The number of nitro benzene ring substituents is 1. The molecule has 0 aromatic heterocycles. The lowest BCUT2D eigenvalue weighted by Crippen LogP contribution is -2.12. The SMILES string of the molecule is O=[N+]([O-])c1cc2ccccc2c(S(=O)(=O)[O-])c1S(=O)(=O)[O-]. The van der Waals surface area contributed by atoms with Gasteiger partial charge in [0.2, 0.25) is 0 Å². The number of nitrogens with zero attached hydrogens (tertiary/aromatic N) is 1. The van der Waals surface area contributed by atoms with E-state index in [4.69, 9.17) is 0 Å². The quantitative estimate of drug-likeness (QED) is 0.448. The average molecular weight is 331 g/mol. The van der Waals surface area contributed by atoms with Gasteiger partial charge in [-0.3, -0.25) is 10.1 Å². The molecule has 112 valence electrons. The van der Waals surface area contributed by atoms with Crippen LogP contribution in [0.25, 0.3) is 10.8 Å². The number of benzene rings is 2. The zero-order valence-corrected chi connectivity index (χ0v) is 11.5. The van der Waals surface area contributed by atoms with E-state index in [9.17, 15) is 36.1 Å². The minimum Gasteiger partial charge on any atom is -0.744 e. The molecule has 0 radical (unpaired) electrons. The van der Waals surface area contributed by atoms with Crippen LogP contribution in [0, 0.1) is 10.1 Å². The van der Waals surface area contributed by atoms with Gasteiger partial charge in [0.05, 0.1) is 9.82 Å². The molecular weight excluding hydrogens is 326 g/mol. The Bertz CT molecular complexity index is 962. The third-order valence-electron chi connectivity index (χ3n) is 2.63. The highest BCUT2D eigenvalue weighted by molar-refractivity contribution is 7.89. The van der Waals surface area contributed by atoms with Gasteiger partial charge in [0, 0.05) is 11.5 Å². The zero-order chi connectivity index (χ0) is 16.0. The molecule has 0 spiro atoms. The summed E-state index contributed by atoms with van der Waals surface area (Å²) in [5, 5.41) is 10.5. The molecule has 0 aliphatic rings. The molecule has 11 heteroatoms. The molecule has 0 amide bonds. The van der Waals surface area contributed by atoms with Crippen LogP contribution in [0.1, 0.15) is 0 Å². The fourth-order valence-electron chi connectivity index (χ4n) is 1.91. The summed E-state index contributed by atoms with van der Waals surface area (Å²) in [5.41, 5.74) is -1.25. The number of hydrogen-bond donors (Lipinski definition) is 0. The molecular formula is C10H5NO8S2-2. The van der Waals surface area contributed by atoms with Gasteiger partial charge in [-0.1, -0.05) is 24.3 Å². The third kappa shape index (κ3) is 2.71. The number of hydrogen-bond acceptors (Lipinski definition) is 8. The van der Waals surface area contributed by atoms with Crippen LogP contribution in [0.3, 0.4) is 0 Å². The van der Waals surface area contributed by atoms with Crippen LogP contribution in [0.2, 0.25) is 0 Å². The molecule has 0 saturated heterocycles. The summed E-state index contributed by atoms with van der Waals surface area (Å²) >= 11 is 0. The van der Waals surface area contributed by atoms with Crippen LogP contribution in [0.4, 0.5) is 5.69 Å². The summed E-state index contributed by atoms with van der Waals surface area (Å²) in [6, 6.07) is 5.76. The molecule has 0 fully saturated rings. The summed E-state index contributed by atoms with van der Waals surface area (Å²) in [6.07, 6.45) is 0. The molecule has 2 rings (SSSR count). The third-order valence-corrected chi connectivity index (χ3v) is 4.60. The van der Waals surface area contributed by atoms with Crippen LogP contribution in [0.15, 0.2) is 40.1 Å². The van der Waals surface area contributed by atoms with Gasteiger partial charge in [0.25, 0.3) is 5.69 Å². The molecule has 0 bridgehead atoms. The van der Waals surface area contributed by atoms with Crippen molar-refractivity contribution >= 4 is 36.7 Å². The monoisotopic (exact) mass is 331 g/mol. The fraction of sp³-hybridized carbons (Fsp3) is 0. The van der Waals surface area contributed by atoms with Gasteiger partial charge in [-0.05, 0) is 5.39 Å². The maximum absolute atomic E-state index is 11.3. The van der Waals surface area contributed by atoms with Crippen LogP contribution >= 0.6 is 0 Å². The van der Waals surface area contributed by atoms with Crippen LogP contribution in [-0.2, 0) is 20.2 Å². The minimum absolute atomic E-state index is 0.0500. The van der Waals surface area contributed by atoms with Crippen molar-refractivity contribution in [2.45, 2.75) is 9.79 Å². The van der Waals surface area contributed by atoms with Gasteiger partial charge in [0.1, 0.15) is 25.1 Å².